The molecule has 0 N–H and O–H groups in total. The number of hydrogen-bond acceptors (Lipinski definition) is 0. The van der Waals surface area contributed by atoms with Gasteiger partial charge >= 0.3 is 0 Å². The maximum Gasteiger partial charge on any atom is 0.0547 e. The molecule has 13 aromatic rings. The van der Waals surface area contributed by atoms with Gasteiger partial charge in [0.2, 0.25) is 0 Å². The van der Waals surface area contributed by atoms with Crippen LogP contribution in [0.3, 0.4) is 0 Å². The zero-order chi connectivity index (χ0) is 39.3. The smallest absolute Gasteiger partial charge is 0.0547 e. The predicted molar refractivity (Wildman–Crippen MR) is 255 cm³/mol. The van der Waals surface area contributed by atoms with Gasteiger partial charge in [-0.25, -0.2) is 0 Å². The van der Waals surface area contributed by atoms with E-state index in [2.05, 4.69) is 228 Å². The SMILES string of the molecule is c1ccc(-c2cc(-c3ccc(-n4c5ccccc5c5ccccc54)cc3)c3ccc4c(-c5ccccc5)cc(-n5c6ccccc6c6ccccc65)c5ccc2c3c45)cc1. The van der Waals surface area contributed by atoms with Gasteiger partial charge in [0.05, 0.1) is 27.8 Å². The molecule has 2 aromatic heterocycles. The third-order valence-corrected chi connectivity index (χ3v) is 12.9. The highest BCUT2D eigenvalue weighted by Gasteiger charge is 2.23. The van der Waals surface area contributed by atoms with E-state index in [-0.39, 0.29) is 0 Å². The molecule has 0 aliphatic rings. The lowest BCUT2D eigenvalue weighted by atomic mass is 9.83. The fraction of sp³-hybridized carbons (Fsp3) is 0. The third-order valence-electron chi connectivity index (χ3n) is 12.9. The van der Waals surface area contributed by atoms with Crippen molar-refractivity contribution >= 4 is 75.9 Å². The van der Waals surface area contributed by atoms with Crippen LogP contribution in [0.15, 0.2) is 218 Å². The molecule has 0 saturated carbocycles. The van der Waals surface area contributed by atoms with Gasteiger partial charge < -0.3 is 9.13 Å². The summed E-state index contributed by atoms with van der Waals surface area (Å²) < 4.78 is 4.89. The first kappa shape index (κ1) is 33.1. The number of para-hydroxylation sites is 4. The Bertz CT molecular complexity index is 3690. The zero-order valence-electron chi connectivity index (χ0n) is 32.7. The van der Waals surface area contributed by atoms with Crippen molar-refractivity contribution in [2.24, 2.45) is 0 Å². The number of aromatic nitrogens is 2. The minimum Gasteiger partial charge on any atom is -0.309 e. The van der Waals surface area contributed by atoms with Gasteiger partial charge in [-0.15, -0.1) is 0 Å². The summed E-state index contributed by atoms with van der Waals surface area (Å²) in [4.78, 5) is 0. The van der Waals surface area contributed by atoms with Gasteiger partial charge in [-0.2, -0.15) is 0 Å². The van der Waals surface area contributed by atoms with Crippen LogP contribution in [0.25, 0.3) is 121 Å². The number of fused-ring (bicyclic) bond motifs is 6. The van der Waals surface area contributed by atoms with E-state index in [9.17, 15) is 0 Å². The molecule has 13 rings (SSSR count). The molecule has 0 aliphatic heterocycles. The van der Waals surface area contributed by atoms with Gasteiger partial charge in [-0.05, 0) is 103 Å². The number of nitrogens with zero attached hydrogens (tertiary/aromatic N) is 2. The Morgan fingerprint density at radius 2 is 0.583 bits per heavy atom. The highest BCUT2D eigenvalue weighted by Crippen LogP contribution is 2.48. The summed E-state index contributed by atoms with van der Waals surface area (Å²) in [5.41, 5.74) is 14.5. The molecule has 2 heteroatoms. The first-order chi connectivity index (χ1) is 29.8. The van der Waals surface area contributed by atoms with Crippen molar-refractivity contribution < 1.29 is 0 Å². The molecule has 2 heterocycles. The van der Waals surface area contributed by atoms with Crippen molar-refractivity contribution in [3.8, 4) is 44.8 Å². The maximum absolute atomic E-state index is 2.50. The molecule has 11 aromatic carbocycles. The second-order valence-corrected chi connectivity index (χ2v) is 16.0. The van der Waals surface area contributed by atoms with Crippen LogP contribution in [0, 0.1) is 0 Å². The van der Waals surface area contributed by atoms with Gasteiger partial charge in [0.1, 0.15) is 0 Å². The minimum atomic E-state index is 1.15. The second kappa shape index (κ2) is 12.8. The molecule has 0 bridgehead atoms. The standard InChI is InChI=1S/C58H36N2/c1-3-15-37(16-4-1)49-35-50(39-27-29-40(30-28-39)59-52-23-11-7-19-41(52)42-20-8-12-24-53(42)59)45-31-32-47-51(38-17-5-2-6-18-38)36-56(48-34-33-46(49)57(45)58(47)48)60-54-25-13-9-21-43(54)44-22-10-14-26-55(44)60/h1-36H. The predicted octanol–water partition coefficient (Wildman–Crippen LogP) is 15.8. The Kier molecular flexibility index (Phi) is 7.05. The third kappa shape index (κ3) is 4.70. The van der Waals surface area contributed by atoms with E-state index in [1.807, 2.05) is 0 Å². The molecule has 0 atom stereocenters. The fourth-order valence-electron chi connectivity index (χ4n) is 10.3. The molecule has 0 amide bonds. The number of hydrogen-bond donors (Lipinski definition) is 0. The molecular weight excluding hydrogens is 725 g/mol. The summed E-state index contributed by atoms with van der Waals surface area (Å²) in [6.45, 7) is 0. The van der Waals surface area contributed by atoms with Crippen LogP contribution in [0.4, 0.5) is 0 Å². The zero-order valence-corrected chi connectivity index (χ0v) is 32.7. The largest absolute Gasteiger partial charge is 0.309 e. The first-order valence-corrected chi connectivity index (χ1v) is 20.8. The summed E-state index contributed by atoms with van der Waals surface area (Å²) in [7, 11) is 0. The molecule has 278 valence electrons. The Hall–Kier alpha value is -7.94. The van der Waals surface area contributed by atoms with Crippen molar-refractivity contribution in [1.82, 2.24) is 9.13 Å². The summed E-state index contributed by atoms with van der Waals surface area (Å²) in [5.74, 6) is 0. The van der Waals surface area contributed by atoms with Crippen molar-refractivity contribution in [1.29, 1.82) is 0 Å². The quantitative estimate of drug-likeness (QED) is 0.155. The highest BCUT2D eigenvalue weighted by molar-refractivity contribution is 6.31. The molecule has 0 radical (unpaired) electrons. The summed E-state index contributed by atoms with van der Waals surface area (Å²) in [5, 5.41) is 12.7. The normalized spacial score (nSPS) is 12.0. The molecular formula is C58H36N2. The van der Waals surface area contributed by atoms with Gasteiger partial charge in [0.25, 0.3) is 0 Å². The summed E-state index contributed by atoms with van der Waals surface area (Å²) >= 11 is 0. The lowest BCUT2D eigenvalue weighted by molar-refractivity contribution is 1.18. The molecule has 0 spiro atoms. The molecule has 2 nitrogen and oxygen atoms in total. The van der Waals surface area contributed by atoms with Gasteiger partial charge in [-0.3, -0.25) is 0 Å². The Balaban J connectivity index is 1.13. The average molecular weight is 761 g/mol. The topological polar surface area (TPSA) is 9.86 Å². The van der Waals surface area contributed by atoms with Crippen molar-refractivity contribution in [2.45, 2.75) is 0 Å². The van der Waals surface area contributed by atoms with Crippen LogP contribution in [0.5, 0.6) is 0 Å². The summed E-state index contributed by atoms with van der Waals surface area (Å²) in [6.07, 6.45) is 0. The minimum absolute atomic E-state index is 1.15. The van der Waals surface area contributed by atoms with E-state index in [1.165, 1.54) is 115 Å². The van der Waals surface area contributed by atoms with Crippen LogP contribution >= 0.6 is 0 Å². The number of benzene rings is 11. The Labute approximate surface area is 346 Å². The van der Waals surface area contributed by atoms with Crippen molar-refractivity contribution in [2.75, 3.05) is 0 Å². The average Bonchev–Trinajstić information content (AvgIpc) is 3.84. The Morgan fingerprint density at radius 1 is 0.233 bits per heavy atom. The van der Waals surface area contributed by atoms with Crippen LogP contribution in [-0.2, 0) is 0 Å². The highest BCUT2D eigenvalue weighted by atomic mass is 15.0. The van der Waals surface area contributed by atoms with E-state index in [0.29, 0.717) is 0 Å². The molecule has 0 fully saturated rings. The van der Waals surface area contributed by atoms with Crippen LogP contribution in [0.2, 0.25) is 0 Å². The molecule has 0 saturated heterocycles. The van der Waals surface area contributed by atoms with E-state index in [0.717, 1.165) is 5.69 Å². The van der Waals surface area contributed by atoms with Crippen LogP contribution in [-0.4, -0.2) is 9.13 Å². The lowest BCUT2D eigenvalue weighted by Gasteiger charge is -2.22. The van der Waals surface area contributed by atoms with E-state index < -0.39 is 0 Å². The molecule has 60 heavy (non-hydrogen) atoms. The van der Waals surface area contributed by atoms with Crippen molar-refractivity contribution in [3.05, 3.63) is 218 Å². The van der Waals surface area contributed by atoms with E-state index >= 15 is 0 Å². The maximum atomic E-state index is 2.50. The number of rotatable bonds is 5. The second-order valence-electron chi connectivity index (χ2n) is 16.0. The molecule has 0 unspecified atom stereocenters. The first-order valence-electron chi connectivity index (χ1n) is 20.8. The van der Waals surface area contributed by atoms with Crippen molar-refractivity contribution in [3.63, 3.8) is 0 Å². The Morgan fingerprint density at radius 3 is 1.05 bits per heavy atom. The molecule has 0 aliphatic carbocycles. The van der Waals surface area contributed by atoms with Gasteiger partial charge in [-0.1, -0.05) is 170 Å². The van der Waals surface area contributed by atoms with Crippen LogP contribution in [0.1, 0.15) is 0 Å². The fourth-order valence-corrected chi connectivity index (χ4v) is 10.3. The van der Waals surface area contributed by atoms with E-state index in [1.54, 1.807) is 0 Å². The van der Waals surface area contributed by atoms with E-state index in [4.69, 9.17) is 0 Å². The summed E-state index contributed by atoms with van der Waals surface area (Å²) in [6, 6.07) is 80.6. The van der Waals surface area contributed by atoms with Gasteiger partial charge in [0, 0.05) is 38.0 Å². The lowest BCUT2D eigenvalue weighted by Crippen LogP contribution is -1.99. The monoisotopic (exact) mass is 760 g/mol. The van der Waals surface area contributed by atoms with Crippen LogP contribution < -0.4 is 0 Å². The van der Waals surface area contributed by atoms with Gasteiger partial charge in [0.15, 0.2) is 0 Å².